The summed E-state index contributed by atoms with van der Waals surface area (Å²) in [4.78, 5) is 0.0160. The van der Waals surface area contributed by atoms with Gasteiger partial charge in [-0.05, 0) is 34.1 Å². The standard InChI is InChI=1S/C11H13BrFNO2S2/c1-8-7-14(4-5-17-8)18(15,16)9-2-3-10(12)11(13)6-9/h2-3,6,8H,4-5,7H2,1H3. The number of hydrogen-bond acceptors (Lipinski definition) is 3. The van der Waals surface area contributed by atoms with Crippen molar-refractivity contribution in [1.82, 2.24) is 4.31 Å². The van der Waals surface area contributed by atoms with Gasteiger partial charge in [0.1, 0.15) is 5.82 Å². The van der Waals surface area contributed by atoms with Crippen molar-refractivity contribution in [3.8, 4) is 0 Å². The van der Waals surface area contributed by atoms with Crippen LogP contribution >= 0.6 is 27.7 Å². The van der Waals surface area contributed by atoms with Crippen molar-refractivity contribution in [2.75, 3.05) is 18.8 Å². The Bertz CT molecular complexity index is 550. The van der Waals surface area contributed by atoms with Crippen LogP contribution in [0.5, 0.6) is 0 Å². The molecule has 1 aromatic carbocycles. The predicted octanol–water partition coefficient (Wildman–Crippen LogP) is 2.71. The Kier molecular flexibility index (Phi) is 4.36. The number of nitrogens with zero attached hydrogens (tertiary/aromatic N) is 1. The molecular weight excluding hydrogens is 341 g/mol. The van der Waals surface area contributed by atoms with Crippen LogP contribution < -0.4 is 0 Å². The van der Waals surface area contributed by atoms with Crippen LogP contribution in [0.1, 0.15) is 6.92 Å². The molecule has 0 amide bonds. The minimum absolute atomic E-state index is 0.0160. The average Bonchev–Trinajstić information content (AvgIpc) is 2.32. The first-order valence-electron chi connectivity index (χ1n) is 5.48. The molecule has 3 nitrogen and oxygen atoms in total. The fourth-order valence-electron chi connectivity index (χ4n) is 1.79. The lowest BCUT2D eigenvalue weighted by atomic mass is 10.3. The summed E-state index contributed by atoms with van der Waals surface area (Å²) in [6.07, 6.45) is 0. The highest BCUT2D eigenvalue weighted by Gasteiger charge is 2.29. The molecule has 0 saturated carbocycles. The lowest BCUT2D eigenvalue weighted by Crippen LogP contribution is -2.40. The van der Waals surface area contributed by atoms with Gasteiger partial charge in [-0.1, -0.05) is 6.92 Å². The second-order valence-corrected chi connectivity index (χ2v) is 8.46. The van der Waals surface area contributed by atoms with E-state index >= 15 is 0 Å². The minimum atomic E-state index is -3.58. The fourth-order valence-corrected chi connectivity index (χ4v) is 4.80. The molecule has 2 rings (SSSR count). The highest BCUT2D eigenvalue weighted by Crippen LogP contribution is 2.26. The van der Waals surface area contributed by atoms with E-state index in [2.05, 4.69) is 15.9 Å². The number of benzene rings is 1. The first-order valence-corrected chi connectivity index (χ1v) is 8.76. The lowest BCUT2D eigenvalue weighted by molar-refractivity contribution is 0.423. The van der Waals surface area contributed by atoms with Gasteiger partial charge in [-0.2, -0.15) is 16.1 Å². The molecule has 1 aromatic rings. The van der Waals surface area contributed by atoms with Gasteiger partial charge in [0.2, 0.25) is 10.0 Å². The molecule has 18 heavy (non-hydrogen) atoms. The zero-order chi connectivity index (χ0) is 13.3. The average molecular weight is 354 g/mol. The summed E-state index contributed by atoms with van der Waals surface area (Å²) in [5, 5.41) is 0.272. The third-order valence-electron chi connectivity index (χ3n) is 2.73. The van der Waals surface area contributed by atoms with Gasteiger partial charge in [0.25, 0.3) is 0 Å². The second kappa shape index (κ2) is 5.48. The van der Waals surface area contributed by atoms with E-state index in [0.29, 0.717) is 13.1 Å². The zero-order valence-electron chi connectivity index (χ0n) is 9.77. The quantitative estimate of drug-likeness (QED) is 0.820. The highest BCUT2D eigenvalue weighted by molar-refractivity contribution is 9.10. The molecule has 1 fully saturated rings. The predicted molar refractivity (Wildman–Crippen MR) is 74.8 cm³/mol. The van der Waals surface area contributed by atoms with Gasteiger partial charge in [-0.15, -0.1) is 0 Å². The summed E-state index contributed by atoms with van der Waals surface area (Å²) in [7, 11) is -3.58. The smallest absolute Gasteiger partial charge is 0.207 e. The van der Waals surface area contributed by atoms with Crippen LogP contribution in [0.3, 0.4) is 0 Å². The Morgan fingerprint density at radius 3 is 2.83 bits per heavy atom. The fraction of sp³-hybridized carbons (Fsp3) is 0.455. The van der Waals surface area contributed by atoms with Crippen LogP contribution in [0.25, 0.3) is 0 Å². The molecule has 0 aromatic heterocycles. The van der Waals surface area contributed by atoms with Crippen LogP contribution in [0.15, 0.2) is 27.6 Å². The summed E-state index contributed by atoms with van der Waals surface area (Å²) in [6.45, 7) is 2.95. The summed E-state index contributed by atoms with van der Waals surface area (Å²) < 4.78 is 39.8. The third-order valence-corrected chi connectivity index (χ3v) is 6.37. The van der Waals surface area contributed by atoms with Gasteiger partial charge in [0.15, 0.2) is 0 Å². The summed E-state index contributed by atoms with van der Waals surface area (Å²) >= 11 is 4.77. The summed E-state index contributed by atoms with van der Waals surface area (Å²) in [5.41, 5.74) is 0. The molecule has 1 unspecified atom stereocenters. The molecule has 0 N–H and O–H groups in total. The van der Waals surface area contributed by atoms with E-state index in [1.807, 2.05) is 6.92 Å². The molecule has 1 aliphatic heterocycles. The normalized spacial score (nSPS) is 22.1. The van der Waals surface area contributed by atoms with Gasteiger partial charge in [0.05, 0.1) is 9.37 Å². The molecule has 0 spiro atoms. The molecule has 1 heterocycles. The molecule has 1 saturated heterocycles. The van der Waals surface area contributed by atoms with E-state index in [-0.39, 0.29) is 14.6 Å². The van der Waals surface area contributed by atoms with E-state index in [0.717, 1.165) is 11.8 Å². The minimum Gasteiger partial charge on any atom is -0.207 e. The van der Waals surface area contributed by atoms with Crippen molar-refractivity contribution in [2.24, 2.45) is 0 Å². The summed E-state index contributed by atoms with van der Waals surface area (Å²) in [6, 6.07) is 3.91. The molecule has 0 aliphatic carbocycles. The SMILES string of the molecule is CC1CN(S(=O)(=O)c2ccc(Br)c(F)c2)CCS1. The van der Waals surface area contributed by atoms with Crippen molar-refractivity contribution in [3.05, 3.63) is 28.5 Å². The Balaban J connectivity index is 2.32. The zero-order valence-corrected chi connectivity index (χ0v) is 13.0. The van der Waals surface area contributed by atoms with E-state index in [9.17, 15) is 12.8 Å². The van der Waals surface area contributed by atoms with Gasteiger partial charge in [-0.25, -0.2) is 12.8 Å². The van der Waals surface area contributed by atoms with Crippen LogP contribution in [0.2, 0.25) is 0 Å². The van der Waals surface area contributed by atoms with Gasteiger partial charge in [0, 0.05) is 24.1 Å². The Morgan fingerprint density at radius 1 is 1.50 bits per heavy atom. The maximum atomic E-state index is 13.4. The molecule has 1 atom stereocenters. The molecule has 1 aliphatic rings. The van der Waals surface area contributed by atoms with E-state index in [1.165, 1.54) is 16.4 Å². The van der Waals surface area contributed by atoms with Crippen molar-refractivity contribution < 1.29 is 12.8 Å². The van der Waals surface area contributed by atoms with Crippen LogP contribution in [-0.2, 0) is 10.0 Å². The second-order valence-electron chi connectivity index (χ2n) is 4.12. The van der Waals surface area contributed by atoms with Crippen LogP contribution in [0.4, 0.5) is 4.39 Å². The molecule has 100 valence electrons. The monoisotopic (exact) mass is 353 g/mol. The topological polar surface area (TPSA) is 37.4 Å². The third kappa shape index (κ3) is 2.89. The van der Waals surface area contributed by atoms with Crippen LogP contribution in [-0.4, -0.2) is 36.8 Å². The molecular formula is C11H13BrFNO2S2. The van der Waals surface area contributed by atoms with Crippen LogP contribution in [0, 0.1) is 5.82 Å². The van der Waals surface area contributed by atoms with Crippen molar-refractivity contribution >= 4 is 37.7 Å². The summed E-state index contributed by atoms with van der Waals surface area (Å²) in [5.74, 6) is 0.217. The number of rotatable bonds is 2. The van der Waals surface area contributed by atoms with Gasteiger partial charge < -0.3 is 0 Å². The highest BCUT2D eigenvalue weighted by atomic mass is 79.9. The molecule has 0 radical (unpaired) electrons. The number of hydrogen-bond donors (Lipinski definition) is 0. The largest absolute Gasteiger partial charge is 0.243 e. The van der Waals surface area contributed by atoms with Gasteiger partial charge in [-0.3, -0.25) is 0 Å². The van der Waals surface area contributed by atoms with Crippen molar-refractivity contribution in [3.63, 3.8) is 0 Å². The first-order chi connectivity index (χ1) is 8.41. The maximum absolute atomic E-state index is 13.4. The Morgan fingerprint density at radius 2 is 2.22 bits per heavy atom. The van der Waals surface area contributed by atoms with Gasteiger partial charge >= 0.3 is 0 Å². The van der Waals surface area contributed by atoms with Crippen molar-refractivity contribution in [2.45, 2.75) is 17.1 Å². The molecule has 0 bridgehead atoms. The van der Waals surface area contributed by atoms with Crippen molar-refractivity contribution in [1.29, 1.82) is 0 Å². The number of thioether (sulfide) groups is 1. The number of halogens is 2. The van der Waals surface area contributed by atoms with E-state index < -0.39 is 15.8 Å². The first kappa shape index (κ1) is 14.3. The van der Waals surface area contributed by atoms with E-state index in [4.69, 9.17) is 0 Å². The maximum Gasteiger partial charge on any atom is 0.243 e. The van der Waals surface area contributed by atoms with E-state index in [1.54, 1.807) is 11.8 Å². The Hall–Kier alpha value is -0.110. The number of sulfonamides is 1. The Labute approximate surface area is 119 Å². The lowest BCUT2D eigenvalue weighted by Gasteiger charge is -2.29. The molecule has 7 heteroatoms.